The molecule has 0 bridgehead atoms. The molecule has 3 rings (SSSR count). The van der Waals surface area contributed by atoms with E-state index in [9.17, 15) is 4.79 Å². The van der Waals surface area contributed by atoms with E-state index < -0.39 is 0 Å². The lowest BCUT2D eigenvalue weighted by atomic mass is 10.3. The van der Waals surface area contributed by atoms with Crippen LogP contribution in [0.4, 0.5) is 0 Å². The highest BCUT2D eigenvalue weighted by Gasteiger charge is 2.19. The maximum absolute atomic E-state index is 12.6. The number of amides is 1. The fourth-order valence-electron chi connectivity index (χ4n) is 2.57. The van der Waals surface area contributed by atoms with E-state index in [1.165, 1.54) is 17.6 Å². The van der Waals surface area contributed by atoms with Crippen molar-refractivity contribution in [1.29, 1.82) is 0 Å². The van der Waals surface area contributed by atoms with Crippen molar-refractivity contribution in [3.05, 3.63) is 64.5 Å². The second-order valence-electron chi connectivity index (χ2n) is 5.87. The van der Waals surface area contributed by atoms with Gasteiger partial charge in [-0.15, -0.1) is 11.3 Å². The molecule has 28 heavy (non-hydrogen) atoms. The van der Waals surface area contributed by atoms with Gasteiger partial charge in [0.2, 0.25) is 0 Å². The summed E-state index contributed by atoms with van der Waals surface area (Å²) < 4.78 is 21.4. The second kappa shape index (κ2) is 9.91. The largest absolute Gasteiger partial charge is 0.493 e. The summed E-state index contributed by atoms with van der Waals surface area (Å²) in [6.07, 6.45) is 1.48. The molecule has 7 nitrogen and oxygen atoms in total. The monoisotopic (exact) mass is 402 g/mol. The minimum absolute atomic E-state index is 0.193. The summed E-state index contributed by atoms with van der Waals surface area (Å²) in [5.41, 5.74) is 0.791. The van der Waals surface area contributed by atoms with Gasteiger partial charge in [-0.1, -0.05) is 12.1 Å². The van der Waals surface area contributed by atoms with Crippen molar-refractivity contribution in [2.24, 2.45) is 0 Å². The average molecular weight is 402 g/mol. The Labute approximate surface area is 167 Å². The quantitative estimate of drug-likeness (QED) is 0.516. The summed E-state index contributed by atoms with van der Waals surface area (Å²) in [7, 11) is 3.21. The van der Waals surface area contributed by atoms with Crippen LogP contribution >= 0.6 is 11.3 Å². The van der Waals surface area contributed by atoms with Crippen LogP contribution in [0.15, 0.2) is 52.5 Å². The zero-order chi connectivity index (χ0) is 19.8. The fourth-order valence-corrected chi connectivity index (χ4v) is 3.27. The number of hydrogen-bond donors (Lipinski definition) is 0. The first-order chi connectivity index (χ1) is 13.7. The van der Waals surface area contributed by atoms with E-state index in [-0.39, 0.29) is 5.91 Å². The van der Waals surface area contributed by atoms with Gasteiger partial charge in [0.25, 0.3) is 5.91 Å². The van der Waals surface area contributed by atoms with Gasteiger partial charge in [-0.05, 0) is 24.3 Å². The third-order valence-corrected chi connectivity index (χ3v) is 4.83. The highest BCUT2D eigenvalue weighted by Crippen LogP contribution is 2.27. The molecule has 0 atom stereocenters. The summed E-state index contributed by atoms with van der Waals surface area (Å²) in [6, 6.07) is 10.8. The number of para-hydroxylation sites is 2. The number of hydrogen-bond acceptors (Lipinski definition) is 7. The Morgan fingerprint density at radius 1 is 1.18 bits per heavy atom. The van der Waals surface area contributed by atoms with Gasteiger partial charge in [-0.2, -0.15) is 0 Å². The lowest BCUT2D eigenvalue weighted by Gasteiger charge is -2.20. The zero-order valence-electron chi connectivity index (χ0n) is 15.8. The molecule has 0 aliphatic carbocycles. The lowest BCUT2D eigenvalue weighted by Crippen LogP contribution is -2.33. The molecule has 0 saturated carbocycles. The predicted octanol–water partition coefficient (Wildman–Crippen LogP) is 3.61. The number of ether oxygens (including phenoxy) is 3. The molecule has 1 aromatic carbocycles. The Hall–Kier alpha value is -2.84. The average Bonchev–Trinajstić information content (AvgIpc) is 3.41. The van der Waals surface area contributed by atoms with Crippen molar-refractivity contribution >= 4 is 17.2 Å². The number of nitrogens with zero attached hydrogens (tertiary/aromatic N) is 2. The molecule has 1 amide bonds. The van der Waals surface area contributed by atoms with Crippen LogP contribution in [0.5, 0.6) is 11.5 Å². The normalized spacial score (nSPS) is 10.6. The zero-order valence-corrected chi connectivity index (χ0v) is 16.6. The molecule has 0 N–H and O–H groups in total. The van der Waals surface area contributed by atoms with Crippen LogP contribution in [0, 0.1) is 0 Å². The molecule has 148 valence electrons. The highest BCUT2D eigenvalue weighted by atomic mass is 32.1. The molecule has 3 aromatic rings. The summed E-state index contributed by atoms with van der Waals surface area (Å²) in [6.45, 7) is 1.57. The van der Waals surface area contributed by atoms with Crippen molar-refractivity contribution in [1.82, 2.24) is 9.88 Å². The third kappa shape index (κ3) is 5.11. The fraction of sp³-hybridized carbons (Fsp3) is 0.300. The number of methoxy groups -OCH3 is 2. The van der Waals surface area contributed by atoms with E-state index in [0.717, 1.165) is 10.7 Å². The van der Waals surface area contributed by atoms with Crippen molar-refractivity contribution in [3.8, 4) is 11.5 Å². The Morgan fingerprint density at radius 2 is 2.00 bits per heavy atom. The SMILES string of the molecule is COCCN(Cc1csc(COc2ccccc2OC)n1)C(=O)c1ccco1. The number of aromatic nitrogens is 1. The topological polar surface area (TPSA) is 74.0 Å². The number of rotatable bonds is 10. The molecule has 2 aromatic heterocycles. The molecule has 0 spiro atoms. The summed E-state index contributed by atoms with van der Waals surface area (Å²) in [4.78, 5) is 18.9. The van der Waals surface area contributed by atoms with Crippen LogP contribution in [-0.2, 0) is 17.9 Å². The second-order valence-corrected chi connectivity index (χ2v) is 6.81. The number of carbonyl (C=O) groups excluding carboxylic acids is 1. The van der Waals surface area contributed by atoms with Gasteiger partial charge in [-0.25, -0.2) is 4.98 Å². The maximum atomic E-state index is 12.6. The van der Waals surface area contributed by atoms with Gasteiger partial charge in [0.1, 0.15) is 11.6 Å². The minimum Gasteiger partial charge on any atom is -0.493 e. The van der Waals surface area contributed by atoms with Gasteiger partial charge in [0.15, 0.2) is 17.3 Å². The number of carbonyl (C=O) groups is 1. The Bertz CT molecular complexity index is 878. The van der Waals surface area contributed by atoms with Crippen LogP contribution in [-0.4, -0.2) is 43.2 Å². The van der Waals surface area contributed by atoms with Crippen molar-refractivity contribution in [3.63, 3.8) is 0 Å². The molecule has 0 aliphatic heterocycles. The molecule has 0 radical (unpaired) electrons. The van der Waals surface area contributed by atoms with Gasteiger partial charge in [0, 0.05) is 19.0 Å². The Kier molecular flexibility index (Phi) is 7.05. The van der Waals surface area contributed by atoms with Gasteiger partial charge < -0.3 is 23.5 Å². The van der Waals surface area contributed by atoms with Crippen molar-refractivity contribution in [2.45, 2.75) is 13.2 Å². The molecule has 0 aliphatic rings. The highest BCUT2D eigenvalue weighted by molar-refractivity contribution is 7.09. The Balaban J connectivity index is 1.63. The number of benzene rings is 1. The van der Waals surface area contributed by atoms with Crippen LogP contribution in [0.25, 0.3) is 0 Å². The molecular formula is C20H22N2O5S. The van der Waals surface area contributed by atoms with E-state index in [1.807, 2.05) is 29.6 Å². The van der Waals surface area contributed by atoms with Gasteiger partial charge in [-0.3, -0.25) is 4.79 Å². The minimum atomic E-state index is -0.193. The number of thiazole rings is 1. The van der Waals surface area contributed by atoms with E-state index in [4.69, 9.17) is 18.6 Å². The first-order valence-corrected chi connectivity index (χ1v) is 9.60. The van der Waals surface area contributed by atoms with Crippen LogP contribution < -0.4 is 9.47 Å². The standard InChI is InChI=1S/C20H22N2O5S/c1-24-11-9-22(20(23)18-8-5-10-26-18)12-15-14-28-19(21-15)13-27-17-7-4-3-6-16(17)25-2/h3-8,10,14H,9,11-13H2,1-2H3. The maximum Gasteiger partial charge on any atom is 0.289 e. The molecule has 0 saturated heterocycles. The summed E-state index contributed by atoms with van der Waals surface area (Å²) in [5, 5.41) is 2.74. The Morgan fingerprint density at radius 3 is 2.71 bits per heavy atom. The summed E-state index contributed by atoms with van der Waals surface area (Å²) in [5.74, 6) is 1.44. The first-order valence-electron chi connectivity index (χ1n) is 8.72. The third-order valence-electron chi connectivity index (χ3n) is 3.96. The van der Waals surface area contributed by atoms with E-state index >= 15 is 0 Å². The predicted molar refractivity (Wildman–Crippen MR) is 105 cm³/mol. The number of furan rings is 1. The smallest absolute Gasteiger partial charge is 0.289 e. The van der Waals surface area contributed by atoms with Crippen LogP contribution in [0.1, 0.15) is 21.3 Å². The molecule has 0 unspecified atom stereocenters. The molecular weight excluding hydrogens is 380 g/mol. The van der Waals surface area contributed by atoms with E-state index in [2.05, 4.69) is 4.98 Å². The van der Waals surface area contributed by atoms with Crippen molar-refractivity contribution < 1.29 is 23.4 Å². The molecule has 0 fully saturated rings. The van der Waals surface area contributed by atoms with Crippen LogP contribution in [0.3, 0.4) is 0 Å². The molecule has 8 heteroatoms. The van der Waals surface area contributed by atoms with Crippen LogP contribution in [0.2, 0.25) is 0 Å². The van der Waals surface area contributed by atoms with Gasteiger partial charge in [0.05, 0.1) is 32.2 Å². The molecule has 2 heterocycles. The van der Waals surface area contributed by atoms with Crippen molar-refractivity contribution in [2.75, 3.05) is 27.4 Å². The lowest BCUT2D eigenvalue weighted by molar-refractivity contribution is 0.0647. The van der Waals surface area contributed by atoms with E-state index in [0.29, 0.717) is 43.6 Å². The first kappa shape index (κ1) is 19.9. The summed E-state index contributed by atoms with van der Waals surface area (Å²) >= 11 is 1.49. The van der Waals surface area contributed by atoms with E-state index in [1.54, 1.807) is 31.3 Å². The van der Waals surface area contributed by atoms with Gasteiger partial charge >= 0.3 is 0 Å².